The van der Waals surface area contributed by atoms with E-state index in [1.807, 2.05) is 56.3 Å². The molecular formula is C28H38N2O6S. The van der Waals surface area contributed by atoms with Crippen LogP contribution in [0.5, 0.6) is 0 Å². The predicted molar refractivity (Wildman–Crippen MR) is 143 cm³/mol. The fourth-order valence-electron chi connectivity index (χ4n) is 4.07. The average Bonchev–Trinajstić information content (AvgIpc) is 3.41. The molecule has 1 aliphatic heterocycles. The first-order valence-electron chi connectivity index (χ1n) is 12.9. The molecule has 1 unspecified atom stereocenters. The molecule has 0 radical (unpaired) electrons. The number of nitrogens with one attached hydrogen (secondary N) is 2. The monoisotopic (exact) mass is 530 g/mol. The molecule has 2 N–H and O–H groups in total. The van der Waals surface area contributed by atoms with Gasteiger partial charge in [0.1, 0.15) is 18.4 Å². The van der Waals surface area contributed by atoms with Gasteiger partial charge in [-0.1, -0.05) is 44.2 Å². The van der Waals surface area contributed by atoms with Crippen molar-refractivity contribution in [2.75, 3.05) is 19.0 Å². The maximum Gasteiger partial charge on any atom is 0.246 e. The van der Waals surface area contributed by atoms with E-state index in [2.05, 4.69) is 10.6 Å². The molecule has 1 fully saturated rings. The average molecular weight is 531 g/mol. The minimum atomic E-state index is -0.773. The number of ketones is 1. The number of carbonyl (C=O) groups excluding carboxylic acids is 3. The molecular weight excluding hydrogens is 492 g/mol. The Morgan fingerprint density at radius 2 is 1.86 bits per heavy atom. The standard InChI is InChI=1S/C28H38N2O6S/c1-20(2)15-24(29-26(32)17-36-27-12-6-7-13-35-27)28(33)30-23(16-21-9-4-3-5-10-21)25(31)19-37-18-22-11-8-14-34-22/h3-5,8-11,14,20,23-24,27H,6-7,12-13,15-19H2,1-2H3,(H,29,32)(H,30,33)/t23-,24-,27?/m0/s1. The first kappa shape index (κ1) is 28.9. The van der Waals surface area contributed by atoms with E-state index in [-0.39, 0.29) is 42.2 Å². The van der Waals surface area contributed by atoms with E-state index in [0.717, 1.165) is 30.6 Å². The summed E-state index contributed by atoms with van der Waals surface area (Å²) in [5.41, 5.74) is 0.947. The van der Waals surface area contributed by atoms with Crippen LogP contribution in [0.1, 0.15) is 50.9 Å². The number of benzene rings is 1. The predicted octanol–water partition coefficient (Wildman–Crippen LogP) is 3.88. The van der Waals surface area contributed by atoms with Gasteiger partial charge in [-0.15, -0.1) is 11.8 Å². The maximum atomic E-state index is 13.3. The fraction of sp³-hybridized carbons (Fsp3) is 0.536. The van der Waals surface area contributed by atoms with Gasteiger partial charge in [-0.3, -0.25) is 14.4 Å². The van der Waals surface area contributed by atoms with Gasteiger partial charge in [0.2, 0.25) is 11.8 Å². The summed E-state index contributed by atoms with van der Waals surface area (Å²) < 4.78 is 16.4. The molecule has 1 aliphatic rings. The van der Waals surface area contributed by atoms with Crippen molar-refractivity contribution in [3.05, 3.63) is 60.1 Å². The first-order valence-corrected chi connectivity index (χ1v) is 14.1. The fourth-order valence-corrected chi connectivity index (χ4v) is 4.94. The zero-order valence-electron chi connectivity index (χ0n) is 21.6. The Labute approximate surface area is 223 Å². The Kier molecular flexibility index (Phi) is 12.2. The Balaban J connectivity index is 1.60. The molecule has 3 atom stereocenters. The Bertz CT molecular complexity index is 960. The Morgan fingerprint density at radius 3 is 2.54 bits per heavy atom. The molecule has 1 aromatic carbocycles. The molecule has 3 rings (SSSR count). The lowest BCUT2D eigenvalue weighted by atomic mass is 10.00. The van der Waals surface area contributed by atoms with E-state index < -0.39 is 12.1 Å². The Morgan fingerprint density at radius 1 is 1.05 bits per heavy atom. The zero-order chi connectivity index (χ0) is 26.5. The molecule has 0 bridgehead atoms. The number of hydrogen-bond acceptors (Lipinski definition) is 7. The zero-order valence-corrected chi connectivity index (χ0v) is 22.5. The van der Waals surface area contributed by atoms with Gasteiger partial charge < -0.3 is 24.5 Å². The van der Waals surface area contributed by atoms with Crippen molar-refractivity contribution in [2.45, 2.75) is 70.1 Å². The molecule has 8 nitrogen and oxygen atoms in total. The van der Waals surface area contributed by atoms with E-state index in [1.165, 1.54) is 11.8 Å². The molecule has 2 amide bonds. The highest BCUT2D eigenvalue weighted by atomic mass is 32.2. The lowest BCUT2D eigenvalue weighted by molar-refractivity contribution is -0.170. The molecule has 0 saturated carbocycles. The van der Waals surface area contributed by atoms with Gasteiger partial charge in [-0.05, 0) is 55.7 Å². The maximum absolute atomic E-state index is 13.3. The molecule has 37 heavy (non-hydrogen) atoms. The summed E-state index contributed by atoms with van der Waals surface area (Å²) in [4.78, 5) is 39.1. The number of ether oxygens (including phenoxy) is 2. The van der Waals surface area contributed by atoms with E-state index >= 15 is 0 Å². The summed E-state index contributed by atoms with van der Waals surface area (Å²) in [6, 6.07) is 11.8. The van der Waals surface area contributed by atoms with Crippen LogP contribution >= 0.6 is 11.8 Å². The van der Waals surface area contributed by atoms with Gasteiger partial charge in [-0.25, -0.2) is 0 Å². The number of furan rings is 1. The highest BCUT2D eigenvalue weighted by molar-refractivity contribution is 7.99. The lowest BCUT2D eigenvalue weighted by Gasteiger charge is -2.25. The number of amides is 2. The number of Topliss-reactive ketones (excluding diaryl/α,β-unsaturated/α-hetero) is 1. The van der Waals surface area contributed by atoms with Gasteiger partial charge in [0.15, 0.2) is 12.1 Å². The van der Waals surface area contributed by atoms with Crippen molar-refractivity contribution in [3.8, 4) is 0 Å². The number of thioether (sulfide) groups is 1. The van der Waals surface area contributed by atoms with Gasteiger partial charge in [0, 0.05) is 6.61 Å². The van der Waals surface area contributed by atoms with Crippen LogP contribution in [0, 0.1) is 5.92 Å². The second-order valence-corrected chi connectivity index (χ2v) is 10.6. The van der Waals surface area contributed by atoms with Crippen LogP contribution < -0.4 is 10.6 Å². The minimum absolute atomic E-state index is 0.0823. The summed E-state index contributed by atoms with van der Waals surface area (Å²) in [6.45, 7) is 4.41. The van der Waals surface area contributed by atoms with Gasteiger partial charge in [-0.2, -0.15) is 0 Å². The van der Waals surface area contributed by atoms with Crippen LogP contribution in [0.3, 0.4) is 0 Å². The van der Waals surface area contributed by atoms with Crippen LogP contribution in [0.2, 0.25) is 0 Å². The molecule has 1 saturated heterocycles. The van der Waals surface area contributed by atoms with Crippen LogP contribution in [0.4, 0.5) is 0 Å². The molecule has 0 spiro atoms. The van der Waals surface area contributed by atoms with E-state index in [4.69, 9.17) is 13.9 Å². The van der Waals surface area contributed by atoms with Crippen LogP contribution in [-0.2, 0) is 36.0 Å². The Hall–Kier alpha value is -2.62. The van der Waals surface area contributed by atoms with Crippen molar-refractivity contribution >= 4 is 29.4 Å². The van der Waals surface area contributed by atoms with Gasteiger partial charge >= 0.3 is 0 Å². The minimum Gasteiger partial charge on any atom is -0.468 e. The molecule has 2 heterocycles. The summed E-state index contributed by atoms with van der Waals surface area (Å²) >= 11 is 1.44. The normalized spacial score (nSPS) is 17.2. The second-order valence-electron chi connectivity index (χ2n) is 9.65. The van der Waals surface area contributed by atoms with Crippen LogP contribution in [-0.4, -0.2) is 54.9 Å². The third-order valence-corrected chi connectivity index (χ3v) is 6.93. The smallest absolute Gasteiger partial charge is 0.246 e. The SMILES string of the molecule is CC(C)C[C@H](NC(=O)COC1CCCCO1)C(=O)N[C@@H](Cc1ccccc1)C(=O)CSCc1ccco1. The van der Waals surface area contributed by atoms with Crippen molar-refractivity contribution in [1.29, 1.82) is 0 Å². The van der Waals surface area contributed by atoms with Gasteiger partial charge in [0.25, 0.3) is 0 Å². The van der Waals surface area contributed by atoms with Crippen LogP contribution in [0.25, 0.3) is 0 Å². The highest BCUT2D eigenvalue weighted by Crippen LogP contribution is 2.16. The summed E-state index contributed by atoms with van der Waals surface area (Å²) in [6.07, 6.45) is 4.78. The molecule has 9 heteroatoms. The van der Waals surface area contributed by atoms with Crippen LogP contribution in [0.15, 0.2) is 53.1 Å². The quantitative estimate of drug-likeness (QED) is 0.360. The third kappa shape index (κ3) is 10.7. The third-order valence-electron chi connectivity index (χ3n) is 5.95. The van der Waals surface area contributed by atoms with E-state index in [9.17, 15) is 14.4 Å². The molecule has 0 aliphatic carbocycles. The van der Waals surface area contributed by atoms with Crippen molar-refractivity contribution < 1.29 is 28.3 Å². The van der Waals surface area contributed by atoms with E-state index in [1.54, 1.807) is 6.26 Å². The van der Waals surface area contributed by atoms with E-state index in [0.29, 0.717) is 25.2 Å². The molecule has 2 aromatic rings. The summed E-state index contributed by atoms with van der Waals surface area (Å²) in [5.74, 6) is 0.918. The molecule has 202 valence electrons. The largest absolute Gasteiger partial charge is 0.468 e. The highest BCUT2D eigenvalue weighted by Gasteiger charge is 2.28. The van der Waals surface area contributed by atoms with Crippen molar-refractivity contribution in [2.24, 2.45) is 5.92 Å². The number of rotatable bonds is 15. The summed E-state index contributed by atoms with van der Waals surface area (Å²) in [5, 5.41) is 5.72. The molecule has 1 aromatic heterocycles. The number of carbonyl (C=O) groups is 3. The van der Waals surface area contributed by atoms with Crippen molar-refractivity contribution in [1.82, 2.24) is 10.6 Å². The second kappa shape index (κ2) is 15.6. The first-order chi connectivity index (χ1) is 17.9. The topological polar surface area (TPSA) is 107 Å². The number of hydrogen-bond donors (Lipinski definition) is 2. The van der Waals surface area contributed by atoms with Gasteiger partial charge in [0.05, 0.1) is 23.8 Å². The van der Waals surface area contributed by atoms with Crippen molar-refractivity contribution in [3.63, 3.8) is 0 Å². The summed E-state index contributed by atoms with van der Waals surface area (Å²) in [7, 11) is 0. The lowest BCUT2D eigenvalue weighted by Crippen LogP contribution is -2.53.